The zero-order chi connectivity index (χ0) is 27.9. The van der Waals surface area contributed by atoms with Gasteiger partial charge in [0.15, 0.2) is 5.75 Å². The van der Waals surface area contributed by atoms with Crippen molar-refractivity contribution in [2.24, 2.45) is 5.92 Å². The first-order chi connectivity index (χ1) is 18.8. The second-order valence-corrected chi connectivity index (χ2v) is 9.89. The largest absolute Gasteiger partial charge is 0.497 e. The maximum Gasteiger partial charge on any atom is 0.275 e. The van der Waals surface area contributed by atoms with Gasteiger partial charge in [0, 0.05) is 37.9 Å². The van der Waals surface area contributed by atoms with Gasteiger partial charge in [-0.2, -0.15) is 0 Å². The molecule has 4 rings (SSSR count). The second kappa shape index (κ2) is 12.7. The fraction of sp³-hybridized carbons (Fsp3) is 0.379. The number of anilines is 1. The molecule has 2 N–H and O–H groups in total. The van der Waals surface area contributed by atoms with Crippen LogP contribution in [-0.4, -0.2) is 82.7 Å². The molecule has 2 amide bonds. The molecule has 0 radical (unpaired) electrons. The first kappa shape index (κ1) is 28.0. The smallest absolute Gasteiger partial charge is 0.275 e. The van der Waals surface area contributed by atoms with Gasteiger partial charge in [0.25, 0.3) is 11.8 Å². The first-order valence-corrected chi connectivity index (χ1v) is 12.9. The van der Waals surface area contributed by atoms with E-state index in [-0.39, 0.29) is 36.3 Å². The Kier molecular flexibility index (Phi) is 9.11. The molecule has 0 saturated heterocycles. The SMILES string of the molecule is COc1ccc(CN(C)C[C@@H]2Oc3c(NC(=O)c4cnccn4)cccc3C(=O)N([C@H](C)CO)C[C@H]2C)cc1. The molecule has 206 valence electrons. The number of benzene rings is 2. The molecule has 0 fully saturated rings. The van der Waals surface area contributed by atoms with Crippen LogP contribution in [0.4, 0.5) is 5.69 Å². The molecule has 1 aliphatic heterocycles. The average Bonchev–Trinajstić information content (AvgIpc) is 2.95. The number of nitrogens with zero attached hydrogens (tertiary/aromatic N) is 4. The number of methoxy groups -OCH3 is 1. The Balaban J connectivity index is 1.64. The molecule has 1 aliphatic rings. The number of aliphatic hydroxyl groups excluding tert-OH is 1. The summed E-state index contributed by atoms with van der Waals surface area (Å²) < 4.78 is 11.8. The van der Waals surface area contributed by atoms with Crippen LogP contribution in [0.5, 0.6) is 11.5 Å². The quantitative estimate of drug-likeness (QED) is 0.431. The van der Waals surface area contributed by atoms with Crippen molar-refractivity contribution in [1.29, 1.82) is 0 Å². The number of aliphatic hydroxyl groups is 1. The highest BCUT2D eigenvalue weighted by molar-refractivity contribution is 6.06. The molecule has 10 heteroatoms. The maximum atomic E-state index is 13.6. The van der Waals surface area contributed by atoms with Crippen LogP contribution in [0.2, 0.25) is 0 Å². The van der Waals surface area contributed by atoms with E-state index < -0.39 is 5.91 Å². The zero-order valence-corrected chi connectivity index (χ0v) is 22.7. The Labute approximate surface area is 228 Å². The summed E-state index contributed by atoms with van der Waals surface area (Å²) in [7, 11) is 3.66. The van der Waals surface area contributed by atoms with E-state index in [9.17, 15) is 14.7 Å². The van der Waals surface area contributed by atoms with Crippen molar-refractivity contribution >= 4 is 17.5 Å². The summed E-state index contributed by atoms with van der Waals surface area (Å²) >= 11 is 0. The number of aromatic nitrogens is 2. The van der Waals surface area contributed by atoms with E-state index in [1.807, 2.05) is 45.2 Å². The number of likely N-dealkylation sites (N-methyl/N-ethyl adjacent to an activating group) is 1. The van der Waals surface area contributed by atoms with Gasteiger partial charge in [-0.05, 0) is 43.8 Å². The number of amides is 2. The van der Waals surface area contributed by atoms with Crippen LogP contribution in [-0.2, 0) is 6.54 Å². The van der Waals surface area contributed by atoms with Crippen molar-refractivity contribution in [3.8, 4) is 11.5 Å². The number of fused-ring (bicyclic) bond motifs is 1. The lowest BCUT2D eigenvalue weighted by Gasteiger charge is -2.38. The first-order valence-electron chi connectivity index (χ1n) is 12.9. The van der Waals surface area contributed by atoms with Gasteiger partial charge in [-0.3, -0.25) is 19.5 Å². The van der Waals surface area contributed by atoms with Gasteiger partial charge in [0.2, 0.25) is 0 Å². The Morgan fingerprint density at radius 2 is 2.03 bits per heavy atom. The molecule has 2 aromatic carbocycles. The summed E-state index contributed by atoms with van der Waals surface area (Å²) in [6.07, 6.45) is 3.98. The predicted octanol–water partition coefficient (Wildman–Crippen LogP) is 3.09. The monoisotopic (exact) mass is 533 g/mol. The van der Waals surface area contributed by atoms with E-state index in [2.05, 4.69) is 20.2 Å². The molecule has 2 heterocycles. The third-order valence-corrected chi connectivity index (χ3v) is 6.84. The molecule has 3 atom stereocenters. The van der Waals surface area contributed by atoms with Crippen molar-refractivity contribution in [2.45, 2.75) is 32.5 Å². The van der Waals surface area contributed by atoms with Crippen molar-refractivity contribution in [1.82, 2.24) is 19.8 Å². The molecule has 10 nitrogen and oxygen atoms in total. The maximum absolute atomic E-state index is 13.6. The van der Waals surface area contributed by atoms with Crippen LogP contribution >= 0.6 is 0 Å². The van der Waals surface area contributed by atoms with Crippen LogP contribution in [0.1, 0.15) is 40.3 Å². The topological polar surface area (TPSA) is 117 Å². The van der Waals surface area contributed by atoms with Crippen LogP contribution in [0.15, 0.2) is 61.1 Å². The number of hydrogen-bond acceptors (Lipinski definition) is 8. The molecular weight excluding hydrogens is 498 g/mol. The summed E-state index contributed by atoms with van der Waals surface area (Å²) in [4.78, 5) is 38.4. The third-order valence-electron chi connectivity index (χ3n) is 6.84. The lowest BCUT2D eigenvalue weighted by molar-refractivity contribution is 0.0343. The Morgan fingerprint density at radius 1 is 1.26 bits per heavy atom. The van der Waals surface area contributed by atoms with Crippen molar-refractivity contribution in [3.05, 3.63) is 77.9 Å². The van der Waals surface area contributed by atoms with Crippen LogP contribution in [0.3, 0.4) is 0 Å². The van der Waals surface area contributed by atoms with Crippen LogP contribution in [0.25, 0.3) is 0 Å². The van der Waals surface area contributed by atoms with Crippen molar-refractivity contribution < 1.29 is 24.2 Å². The lowest BCUT2D eigenvalue weighted by Crippen LogP contribution is -2.49. The molecule has 39 heavy (non-hydrogen) atoms. The highest BCUT2D eigenvalue weighted by Crippen LogP contribution is 2.35. The summed E-state index contributed by atoms with van der Waals surface area (Å²) in [5.41, 5.74) is 1.96. The minimum atomic E-state index is -0.462. The summed E-state index contributed by atoms with van der Waals surface area (Å²) in [6.45, 7) is 5.34. The number of rotatable bonds is 9. The lowest BCUT2D eigenvalue weighted by atomic mass is 9.98. The van der Waals surface area contributed by atoms with Gasteiger partial charge in [-0.15, -0.1) is 0 Å². The molecule has 0 aliphatic carbocycles. The van der Waals surface area contributed by atoms with E-state index in [1.54, 1.807) is 30.2 Å². The number of ether oxygens (including phenoxy) is 2. The highest BCUT2D eigenvalue weighted by Gasteiger charge is 2.34. The van der Waals surface area contributed by atoms with E-state index in [4.69, 9.17) is 9.47 Å². The van der Waals surface area contributed by atoms with Gasteiger partial charge < -0.3 is 24.8 Å². The average molecular weight is 534 g/mol. The number of para-hydroxylation sites is 1. The fourth-order valence-corrected chi connectivity index (χ4v) is 4.58. The van der Waals surface area contributed by atoms with E-state index in [0.29, 0.717) is 36.6 Å². The molecular formula is C29H35N5O5. The van der Waals surface area contributed by atoms with Crippen molar-refractivity contribution in [2.75, 3.05) is 39.2 Å². The van der Waals surface area contributed by atoms with E-state index >= 15 is 0 Å². The normalized spacial score (nSPS) is 18.0. The minimum Gasteiger partial charge on any atom is -0.497 e. The standard InChI is InChI=1S/C29H35N5O5/c1-19-15-34(20(2)18-35)29(37)23-6-5-7-24(32-28(36)25-14-30-12-13-31-25)27(23)39-26(19)17-33(3)16-21-8-10-22(38-4)11-9-21/h5-14,19-20,26,35H,15-18H2,1-4H3,(H,32,36)/t19-,20-,26+/m1/s1. The summed E-state index contributed by atoms with van der Waals surface area (Å²) in [5.74, 6) is 0.298. The number of nitrogens with one attached hydrogen (secondary N) is 1. The van der Waals surface area contributed by atoms with Gasteiger partial charge in [0.05, 0.1) is 37.2 Å². The Bertz CT molecular complexity index is 1270. The van der Waals surface area contributed by atoms with E-state index in [0.717, 1.165) is 11.3 Å². The highest BCUT2D eigenvalue weighted by atomic mass is 16.5. The van der Waals surface area contributed by atoms with E-state index in [1.165, 1.54) is 18.6 Å². The summed E-state index contributed by atoms with van der Waals surface area (Å²) in [5, 5.41) is 12.7. The zero-order valence-electron chi connectivity index (χ0n) is 22.7. The van der Waals surface area contributed by atoms with Crippen molar-refractivity contribution in [3.63, 3.8) is 0 Å². The molecule has 3 aromatic rings. The van der Waals surface area contributed by atoms with Crippen LogP contribution < -0.4 is 14.8 Å². The number of carbonyl (C=O) groups excluding carboxylic acids is 2. The Morgan fingerprint density at radius 3 is 2.69 bits per heavy atom. The molecule has 1 aromatic heterocycles. The van der Waals surface area contributed by atoms with Gasteiger partial charge >= 0.3 is 0 Å². The number of hydrogen-bond donors (Lipinski definition) is 2. The summed E-state index contributed by atoms with van der Waals surface area (Å²) in [6, 6.07) is 12.6. The molecule has 0 bridgehead atoms. The molecule has 0 spiro atoms. The van der Waals surface area contributed by atoms with Crippen LogP contribution in [0, 0.1) is 5.92 Å². The third kappa shape index (κ3) is 6.71. The Hall–Kier alpha value is -4.02. The van der Waals surface area contributed by atoms with Gasteiger partial charge in [0.1, 0.15) is 17.5 Å². The second-order valence-electron chi connectivity index (χ2n) is 9.89. The molecule has 0 unspecified atom stereocenters. The number of carbonyl (C=O) groups is 2. The van der Waals surface area contributed by atoms with Gasteiger partial charge in [-0.25, -0.2) is 4.98 Å². The predicted molar refractivity (Wildman–Crippen MR) is 147 cm³/mol. The minimum absolute atomic E-state index is 0.0711. The van der Waals surface area contributed by atoms with Gasteiger partial charge in [-0.1, -0.05) is 25.1 Å². The molecule has 0 saturated carbocycles. The fourth-order valence-electron chi connectivity index (χ4n) is 4.58.